The van der Waals surface area contributed by atoms with Gasteiger partial charge in [0, 0.05) is 6.20 Å². The molecule has 2 heterocycles. The smallest absolute Gasteiger partial charge is 0.249 e. The molecule has 2 rings (SSSR count). The fourth-order valence-electron chi connectivity index (χ4n) is 1.47. The zero-order valence-electron chi connectivity index (χ0n) is 7.56. The van der Waals surface area contributed by atoms with Crippen molar-refractivity contribution in [3.63, 3.8) is 0 Å². The first-order valence-corrected chi connectivity index (χ1v) is 4.99. The van der Waals surface area contributed by atoms with Gasteiger partial charge in [0.05, 0.1) is 16.9 Å². The molecule has 1 saturated heterocycles. The minimum absolute atomic E-state index is 0.244. The molecule has 0 aromatic carbocycles. The fraction of sp³-hybridized carbons (Fsp3) is 0.375. The van der Waals surface area contributed by atoms with Crippen LogP contribution in [0.3, 0.4) is 0 Å². The summed E-state index contributed by atoms with van der Waals surface area (Å²) in [5.74, 6) is -0.522. The molecule has 1 atom stereocenters. The van der Waals surface area contributed by atoms with Crippen LogP contribution in [0.5, 0.6) is 0 Å². The summed E-state index contributed by atoms with van der Waals surface area (Å²) in [5.41, 5.74) is 1.67. The molecule has 1 aliphatic heterocycles. The molecule has 1 unspecified atom stereocenters. The molecule has 1 aromatic rings. The van der Waals surface area contributed by atoms with E-state index in [0.717, 1.165) is 4.88 Å². The molecule has 0 bridgehead atoms. The quantitative estimate of drug-likeness (QED) is 0.652. The Morgan fingerprint density at radius 2 is 2.43 bits per heavy atom. The van der Waals surface area contributed by atoms with Crippen molar-refractivity contribution in [1.29, 1.82) is 0 Å². The molecule has 1 aliphatic rings. The second-order valence-corrected chi connectivity index (χ2v) is 4.05. The fourth-order valence-corrected chi connectivity index (χ4v) is 2.25. The SMILES string of the molecule is CN1CC(=O)NC(=O)C1c1cncs1. The summed E-state index contributed by atoms with van der Waals surface area (Å²) in [7, 11) is 1.75. The van der Waals surface area contributed by atoms with Crippen LogP contribution in [0, 0.1) is 0 Å². The van der Waals surface area contributed by atoms with Gasteiger partial charge in [-0.15, -0.1) is 11.3 Å². The summed E-state index contributed by atoms with van der Waals surface area (Å²) >= 11 is 1.41. The molecule has 6 heteroatoms. The number of thiazole rings is 1. The van der Waals surface area contributed by atoms with Gasteiger partial charge in [-0.1, -0.05) is 0 Å². The van der Waals surface area contributed by atoms with Crippen LogP contribution in [0.1, 0.15) is 10.9 Å². The summed E-state index contributed by atoms with van der Waals surface area (Å²) in [5, 5.41) is 2.31. The Kier molecular flexibility index (Phi) is 2.30. The van der Waals surface area contributed by atoms with E-state index in [0.29, 0.717) is 0 Å². The predicted molar refractivity (Wildman–Crippen MR) is 50.6 cm³/mol. The van der Waals surface area contributed by atoms with E-state index in [1.165, 1.54) is 11.3 Å². The topological polar surface area (TPSA) is 62.3 Å². The number of nitrogens with one attached hydrogen (secondary N) is 1. The Labute approximate surface area is 84.7 Å². The van der Waals surface area contributed by atoms with Gasteiger partial charge < -0.3 is 0 Å². The predicted octanol–water partition coefficient (Wildman–Crippen LogP) is -0.228. The number of amides is 2. The zero-order chi connectivity index (χ0) is 10.1. The van der Waals surface area contributed by atoms with Crippen molar-refractivity contribution in [2.45, 2.75) is 6.04 Å². The normalized spacial score (nSPS) is 23.6. The molecule has 0 spiro atoms. The highest BCUT2D eigenvalue weighted by Gasteiger charge is 2.33. The molecule has 14 heavy (non-hydrogen) atoms. The van der Waals surface area contributed by atoms with E-state index in [2.05, 4.69) is 10.3 Å². The van der Waals surface area contributed by atoms with Crippen molar-refractivity contribution < 1.29 is 9.59 Å². The molecule has 1 aromatic heterocycles. The lowest BCUT2D eigenvalue weighted by molar-refractivity contribution is -0.139. The Hall–Kier alpha value is -1.27. The highest BCUT2D eigenvalue weighted by Crippen LogP contribution is 2.24. The third kappa shape index (κ3) is 1.53. The molecule has 0 radical (unpaired) electrons. The van der Waals surface area contributed by atoms with Crippen molar-refractivity contribution in [2.24, 2.45) is 0 Å². The number of likely N-dealkylation sites (N-methyl/N-ethyl adjacent to an activating group) is 1. The highest BCUT2D eigenvalue weighted by atomic mass is 32.1. The number of carbonyl (C=O) groups excluding carboxylic acids is 2. The van der Waals surface area contributed by atoms with Crippen molar-refractivity contribution in [3.8, 4) is 0 Å². The van der Waals surface area contributed by atoms with Crippen LogP contribution >= 0.6 is 11.3 Å². The van der Waals surface area contributed by atoms with Gasteiger partial charge in [0.2, 0.25) is 11.8 Å². The number of piperazine rings is 1. The van der Waals surface area contributed by atoms with E-state index in [-0.39, 0.29) is 24.4 Å². The Bertz CT molecular complexity index is 363. The summed E-state index contributed by atoms with van der Waals surface area (Å²) in [6.07, 6.45) is 1.65. The van der Waals surface area contributed by atoms with E-state index in [1.807, 2.05) is 0 Å². The van der Waals surface area contributed by atoms with Gasteiger partial charge in [0.25, 0.3) is 0 Å². The van der Waals surface area contributed by atoms with Crippen LogP contribution in [0.2, 0.25) is 0 Å². The summed E-state index contributed by atoms with van der Waals surface area (Å²) in [4.78, 5) is 29.0. The largest absolute Gasteiger partial charge is 0.294 e. The molecule has 2 amide bonds. The van der Waals surface area contributed by atoms with Gasteiger partial charge in [-0.05, 0) is 7.05 Å². The van der Waals surface area contributed by atoms with Crippen LogP contribution in [0.15, 0.2) is 11.7 Å². The molecule has 74 valence electrons. The van der Waals surface area contributed by atoms with Crippen LogP contribution in [-0.2, 0) is 9.59 Å². The Balaban J connectivity index is 2.26. The number of nitrogens with zero attached hydrogens (tertiary/aromatic N) is 2. The van der Waals surface area contributed by atoms with Gasteiger partial charge in [0.15, 0.2) is 0 Å². The van der Waals surface area contributed by atoms with Crippen LogP contribution < -0.4 is 5.32 Å². The Morgan fingerprint density at radius 1 is 1.64 bits per heavy atom. The van der Waals surface area contributed by atoms with Crippen molar-refractivity contribution in [2.75, 3.05) is 13.6 Å². The van der Waals surface area contributed by atoms with Crippen molar-refractivity contribution >= 4 is 23.2 Å². The van der Waals surface area contributed by atoms with E-state index in [1.54, 1.807) is 23.7 Å². The Morgan fingerprint density at radius 3 is 3.00 bits per heavy atom. The van der Waals surface area contributed by atoms with Crippen LogP contribution in [0.4, 0.5) is 0 Å². The lowest BCUT2D eigenvalue weighted by atomic mass is 10.1. The average Bonchev–Trinajstić information content (AvgIpc) is 2.54. The van der Waals surface area contributed by atoms with Gasteiger partial charge >= 0.3 is 0 Å². The van der Waals surface area contributed by atoms with Gasteiger partial charge in [-0.2, -0.15) is 0 Å². The van der Waals surface area contributed by atoms with E-state index in [4.69, 9.17) is 0 Å². The maximum Gasteiger partial charge on any atom is 0.249 e. The zero-order valence-corrected chi connectivity index (χ0v) is 8.37. The van der Waals surface area contributed by atoms with Crippen LogP contribution in [-0.4, -0.2) is 35.3 Å². The number of hydrogen-bond acceptors (Lipinski definition) is 5. The first-order valence-electron chi connectivity index (χ1n) is 4.11. The minimum atomic E-state index is -0.375. The third-order valence-corrected chi connectivity index (χ3v) is 2.89. The molecule has 0 saturated carbocycles. The van der Waals surface area contributed by atoms with E-state index < -0.39 is 0 Å². The summed E-state index contributed by atoms with van der Waals surface area (Å²) in [6, 6.07) is -0.375. The van der Waals surface area contributed by atoms with Crippen molar-refractivity contribution in [3.05, 3.63) is 16.6 Å². The average molecular weight is 211 g/mol. The van der Waals surface area contributed by atoms with E-state index >= 15 is 0 Å². The maximum atomic E-state index is 11.5. The first-order chi connectivity index (χ1) is 6.68. The van der Waals surface area contributed by atoms with E-state index in [9.17, 15) is 9.59 Å². The molecular weight excluding hydrogens is 202 g/mol. The number of aromatic nitrogens is 1. The van der Waals surface area contributed by atoms with Crippen LogP contribution in [0.25, 0.3) is 0 Å². The van der Waals surface area contributed by atoms with Gasteiger partial charge in [-0.3, -0.25) is 24.8 Å². The summed E-state index contributed by atoms with van der Waals surface area (Å²) < 4.78 is 0. The number of carbonyl (C=O) groups is 2. The maximum absolute atomic E-state index is 11.5. The second-order valence-electron chi connectivity index (χ2n) is 3.13. The van der Waals surface area contributed by atoms with Crippen molar-refractivity contribution in [1.82, 2.24) is 15.2 Å². The monoisotopic (exact) mass is 211 g/mol. The van der Waals surface area contributed by atoms with Gasteiger partial charge in [0.1, 0.15) is 6.04 Å². The second kappa shape index (κ2) is 3.47. The lowest BCUT2D eigenvalue weighted by Gasteiger charge is -2.29. The minimum Gasteiger partial charge on any atom is -0.294 e. The molecule has 0 aliphatic carbocycles. The number of hydrogen-bond donors (Lipinski definition) is 1. The number of imide groups is 1. The third-order valence-electron chi connectivity index (χ3n) is 2.07. The number of rotatable bonds is 1. The summed E-state index contributed by atoms with van der Waals surface area (Å²) in [6.45, 7) is 0.244. The molecule has 1 N–H and O–H groups in total. The standard InChI is InChI=1S/C8H9N3O2S/c1-11-3-6(12)10-8(13)7(11)5-2-9-4-14-5/h2,4,7H,3H2,1H3,(H,10,12,13). The molecule has 5 nitrogen and oxygen atoms in total. The molecule has 1 fully saturated rings. The first kappa shape index (κ1) is 9.29. The highest BCUT2D eigenvalue weighted by molar-refractivity contribution is 7.09. The van der Waals surface area contributed by atoms with Gasteiger partial charge in [-0.25, -0.2) is 0 Å². The lowest BCUT2D eigenvalue weighted by Crippen LogP contribution is -2.51. The molecular formula is C8H9N3O2S.